The van der Waals surface area contributed by atoms with Crippen molar-refractivity contribution in [2.24, 2.45) is 0 Å². The van der Waals surface area contributed by atoms with Crippen molar-refractivity contribution in [2.75, 3.05) is 11.9 Å². The Morgan fingerprint density at radius 1 is 1.37 bits per heavy atom. The van der Waals surface area contributed by atoms with Gasteiger partial charge in [-0.3, -0.25) is 4.79 Å². The second-order valence-electron chi connectivity index (χ2n) is 4.34. The lowest BCUT2D eigenvalue weighted by Crippen LogP contribution is -2.33. The Kier molecular flexibility index (Phi) is 4.11. The number of carboxylic acid groups (broad SMARTS) is 1. The highest BCUT2D eigenvalue weighted by Crippen LogP contribution is 2.19. The summed E-state index contributed by atoms with van der Waals surface area (Å²) in [6.07, 6.45) is 1.87. The number of hydrogen-bond donors (Lipinski definition) is 2. The van der Waals surface area contributed by atoms with Gasteiger partial charge in [0.25, 0.3) is 5.91 Å². The zero-order valence-corrected chi connectivity index (χ0v) is 10.2. The first kappa shape index (κ1) is 13.5. The van der Waals surface area contributed by atoms with Crippen molar-refractivity contribution in [3.63, 3.8) is 0 Å². The van der Waals surface area contributed by atoms with E-state index in [4.69, 9.17) is 9.84 Å². The van der Waals surface area contributed by atoms with Crippen LogP contribution < -0.4 is 5.32 Å². The first-order valence-electron chi connectivity index (χ1n) is 6.03. The number of halogens is 1. The van der Waals surface area contributed by atoms with E-state index in [0.717, 1.165) is 18.9 Å². The summed E-state index contributed by atoms with van der Waals surface area (Å²) in [4.78, 5) is 22.5. The number of carboxylic acids is 1. The molecule has 1 heterocycles. The van der Waals surface area contributed by atoms with Crippen LogP contribution in [0.4, 0.5) is 10.1 Å². The molecule has 1 aliphatic heterocycles. The number of anilines is 1. The number of aromatic carboxylic acids is 1. The third kappa shape index (κ3) is 3.29. The van der Waals surface area contributed by atoms with E-state index in [0.29, 0.717) is 13.0 Å². The Hall–Kier alpha value is -1.95. The molecule has 2 rings (SSSR count). The van der Waals surface area contributed by atoms with Crippen LogP contribution in [0.15, 0.2) is 18.2 Å². The summed E-state index contributed by atoms with van der Waals surface area (Å²) in [7, 11) is 0. The van der Waals surface area contributed by atoms with E-state index in [1.165, 1.54) is 12.1 Å². The van der Waals surface area contributed by atoms with Crippen LogP contribution in [-0.2, 0) is 9.53 Å². The van der Waals surface area contributed by atoms with E-state index in [1.54, 1.807) is 0 Å². The average Bonchev–Trinajstić information content (AvgIpc) is 2.41. The molecule has 1 amide bonds. The monoisotopic (exact) mass is 267 g/mol. The normalized spacial score (nSPS) is 18.9. The summed E-state index contributed by atoms with van der Waals surface area (Å²) < 4.78 is 18.9. The smallest absolute Gasteiger partial charge is 0.335 e. The topological polar surface area (TPSA) is 75.6 Å². The molecule has 0 unspecified atom stereocenters. The standard InChI is InChI=1S/C13H14FNO4/c14-9-7-8(13(17)18)4-5-10(9)15-12(16)11-3-1-2-6-19-11/h4-5,7,11H,1-3,6H2,(H,15,16)(H,17,18)/t11-/m0/s1. The minimum absolute atomic E-state index is 0.0378. The minimum Gasteiger partial charge on any atom is -0.478 e. The number of nitrogens with one attached hydrogen (secondary N) is 1. The van der Waals surface area contributed by atoms with E-state index in [2.05, 4.69) is 5.32 Å². The highest BCUT2D eigenvalue weighted by Gasteiger charge is 2.22. The van der Waals surface area contributed by atoms with Crippen molar-refractivity contribution >= 4 is 17.6 Å². The van der Waals surface area contributed by atoms with Crippen LogP contribution in [0.2, 0.25) is 0 Å². The van der Waals surface area contributed by atoms with E-state index in [1.807, 2.05) is 0 Å². The molecule has 1 atom stereocenters. The number of benzene rings is 1. The van der Waals surface area contributed by atoms with Gasteiger partial charge in [-0.2, -0.15) is 0 Å². The van der Waals surface area contributed by atoms with E-state index in [-0.39, 0.29) is 11.3 Å². The third-order valence-electron chi connectivity index (χ3n) is 2.95. The molecule has 1 aromatic carbocycles. The minimum atomic E-state index is -1.22. The van der Waals surface area contributed by atoms with Crippen molar-refractivity contribution in [3.8, 4) is 0 Å². The van der Waals surface area contributed by atoms with E-state index in [9.17, 15) is 14.0 Å². The molecule has 0 spiro atoms. The van der Waals surface area contributed by atoms with Gasteiger partial charge in [-0.05, 0) is 37.5 Å². The Morgan fingerprint density at radius 3 is 2.74 bits per heavy atom. The SMILES string of the molecule is O=C(O)c1ccc(NC(=O)[C@@H]2CCCCO2)c(F)c1. The third-order valence-corrected chi connectivity index (χ3v) is 2.95. The molecular weight excluding hydrogens is 253 g/mol. The summed E-state index contributed by atoms with van der Waals surface area (Å²) >= 11 is 0. The van der Waals surface area contributed by atoms with E-state index >= 15 is 0 Å². The molecule has 0 radical (unpaired) electrons. The molecular formula is C13H14FNO4. The molecule has 0 aromatic heterocycles. The second kappa shape index (κ2) is 5.79. The molecule has 6 heteroatoms. The van der Waals surface area contributed by atoms with Gasteiger partial charge in [0, 0.05) is 6.61 Å². The van der Waals surface area contributed by atoms with Gasteiger partial charge in [-0.1, -0.05) is 0 Å². The summed E-state index contributed by atoms with van der Waals surface area (Å²) in [5.74, 6) is -2.39. The molecule has 5 nitrogen and oxygen atoms in total. The van der Waals surface area contributed by atoms with Gasteiger partial charge in [0.1, 0.15) is 11.9 Å². The molecule has 2 N–H and O–H groups in total. The average molecular weight is 267 g/mol. The summed E-state index contributed by atoms with van der Waals surface area (Å²) in [5, 5.41) is 11.1. The second-order valence-corrected chi connectivity index (χ2v) is 4.34. The lowest BCUT2D eigenvalue weighted by atomic mass is 10.1. The number of rotatable bonds is 3. The fourth-order valence-electron chi connectivity index (χ4n) is 1.91. The fourth-order valence-corrected chi connectivity index (χ4v) is 1.91. The zero-order valence-electron chi connectivity index (χ0n) is 10.2. The molecule has 19 heavy (non-hydrogen) atoms. The largest absolute Gasteiger partial charge is 0.478 e. The van der Waals surface area contributed by atoms with Gasteiger partial charge >= 0.3 is 5.97 Å². The van der Waals surface area contributed by atoms with Crippen LogP contribution in [0, 0.1) is 5.82 Å². The fraction of sp³-hybridized carbons (Fsp3) is 0.385. The summed E-state index contributed by atoms with van der Waals surface area (Å²) in [6, 6.07) is 3.35. The molecule has 1 saturated heterocycles. The van der Waals surface area contributed by atoms with Gasteiger partial charge in [-0.25, -0.2) is 9.18 Å². The Labute approximate surface area is 109 Å². The van der Waals surface area contributed by atoms with Crippen molar-refractivity contribution < 1.29 is 23.8 Å². The lowest BCUT2D eigenvalue weighted by molar-refractivity contribution is -0.130. The predicted octanol–water partition coefficient (Wildman–Crippen LogP) is 2.03. The van der Waals surface area contributed by atoms with Gasteiger partial charge in [0.2, 0.25) is 0 Å². The Morgan fingerprint density at radius 2 is 2.16 bits per heavy atom. The molecule has 0 aliphatic carbocycles. The van der Waals surface area contributed by atoms with Crippen molar-refractivity contribution in [2.45, 2.75) is 25.4 Å². The maximum Gasteiger partial charge on any atom is 0.335 e. The number of carbonyl (C=O) groups excluding carboxylic acids is 1. The lowest BCUT2D eigenvalue weighted by Gasteiger charge is -2.21. The molecule has 0 bridgehead atoms. The highest BCUT2D eigenvalue weighted by atomic mass is 19.1. The molecule has 0 saturated carbocycles. The predicted molar refractivity (Wildman–Crippen MR) is 65.6 cm³/mol. The van der Waals surface area contributed by atoms with Crippen LogP contribution in [0.1, 0.15) is 29.6 Å². The number of ether oxygens (including phenoxy) is 1. The number of carbonyl (C=O) groups is 2. The van der Waals surface area contributed by atoms with Crippen LogP contribution in [-0.4, -0.2) is 29.7 Å². The van der Waals surface area contributed by atoms with Gasteiger partial charge < -0.3 is 15.2 Å². The van der Waals surface area contributed by atoms with Crippen LogP contribution in [0.5, 0.6) is 0 Å². The van der Waals surface area contributed by atoms with Crippen molar-refractivity contribution in [1.82, 2.24) is 0 Å². The number of hydrogen-bond acceptors (Lipinski definition) is 3. The first-order chi connectivity index (χ1) is 9.08. The molecule has 1 fully saturated rings. The summed E-state index contributed by atoms with van der Waals surface area (Å²) in [6.45, 7) is 0.526. The quantitative estimate of drug-likeness (QED) is 0.878. The van der Waals surface area contributed by atoms with Crippen molar-refractivity contribution in [3.05, 3.63) is 29.6 Å². The number of amides is 1. The van der Waals surface area contributed by atoms with E-state index < -0.39 is 23.8 Å². The maximum atomic E-state index is 13.6. The molecule has 1 aliphatic rings. The maximum absolute atomic E-state index is 13.6. The van der Waals surface area contributed by atoms with Crippen LogP contribution in [0.3, 0.4) is 0 Å². The van der Waals surface area contributed by atoms with Crippen LogP contribution in [0.25, 0.3) is 0 Å². The summed E-state index contributed by atoms with van der Waals surface area (Å²) in [5.41, 5.74) is -0.200. The van der Waals surface area contributed by atoms with Gasteiger partial charge in [-0.15, -0.1) is 0 Å². The van der Waals surface area contributed by atoms with Crippen molar-refractivity contribution in [1.29, 1.82) is 0 Å². The highest BCUT2D eigenvalue weighted by molar-refractivity contribution is 5.95. The van der Waals surface area contributed by atoms with Crippen LogP contribution >= 0.6 is 0 Å². The molecule has 102 valence electrons. The Balaban J connectivity index is 2.06. The van der Waals surface area contributed by atoms with Gasteiger partial charge in [0.15, 0.2) is 0 Å². The van der Waals surface area contributed by atoms with Gasteiger partial charge in [0.05, 0.1) is 11.3 Å². The Bertz CT molecular complexity index is 497. The molecule has 1 aromatic rings. The zero-order chi connectivity index (χ0) is 13.8. The first-order valence-corrected chi connectivity index (χ1v) is 6.03.